The second kappa shape index (κ2) is 8.55. The lowest BCUT2D eigenvalue weighted by molar-refractivity contribution is -0.121. The van der Waals surface area contributed by atoms with E-state index in [0.717, 1.165) is 15.8 Å². The van der Waals surface area contributed by atoms with Gasteiger partial charge in [-0.25, -0.2) is 9.29 Å². The second-order valence-corrected chi connectivity index (χ2v) is 8.89. The highest BCUT2D eigenvalue weighted by molar-refractivity contribution is 8.00. The molecule has 1 aliphatic heterocycles. The Bertz CT molecular complexity index is 1380. The summed E-state index contributed by atoms with van der Waals surface area (Å²) in [6.45, 7) is 0. The first-order chi connectivity index (χ1) is 16.0. The standard InChI is InChI=1S/C25H18FN3O3S/c26-17-7-4-16(5-8-17)24(31)28-18-2-1-3-20(12-18)33-22-14-23(30)29(25(22)32)19-9-6-15-10-11-27-21(15)13-19/h1-13,22,27H,14H2,(H,28,31). The minimum atomic E-state index is -0.556. The maximum absolute atomic E-state index is 13.1. The van der Waals surface area contributed by atoms with Crippen molar-refractivity contribution in [3.8, 4) is 0 Å². The number of carbonyl (C=O) groups excluding carboxylic acids is 3. The normalized spacial score (nSPS) is 15.9. The fourth-order valence-corrected chi connectivity index (χ4v) is 4.87. The van der Waals surface area contributed by atoms with Gasteiger partial charge in [-0.2, -0.15) is 0 Å². The van der Waals surface area contributed by atoms with Crippen LogP contribution in [0, 0.1) is 5.82 Å². The largest absolute Gasteiger partial charge is 0.361 e. The number of aromatic nitrogens is 1. The summed E-state index contributed by atoms with van der Waals surface area (Å²) < 4.78 is 13.1. The van der Waals surface area contributed by atoms with Crippen molar-refractivity contribution in [1.82, 2.24) is 4.98 Å². The Morgan fingerprint density at radius 1 is 1.03 bits per heavy atom. The fourth-order valence-electron chi connectivity index (χ4n) is 3.76. The molecule has 5 rings (SSSR count). The molecule has 1 fully saturated rings. The summed E-state index contributed by atoms with van der Waals surface area (Å²) in [6, 6.07) is 19.7. The van der Waals surface area contributed by atoms with Crippen LogP contribution in [0.15, 0.2) is 83.9 Å². The molecule has 6 nitrogen and oxygen atoms in total. The number of rotatable bonds is 5. The lowest BCUT2D eigenvalue weighted by Gasteiger charge is -2.15. The molecule has 8 heteroatoms. The maximum atomic E-state index is 13.1. The molecule has 0 spiro atoms. The molecule has 2 N–H and O–H groups in total. The molecule has 164 valence electrons. The lowest BCUT2D eigenvalue weighted by atomic mass is 10.2. The maximum Gasteiger partial charge on any atom is 0.255 e. The Hall–Kier alpha value is -3.91. The quantitative estimate of drug-likeness (QED) is 0.412. The Labute approximate surface area is 192 Å². The summed E-state index contributed by atoms with van der Waals surface area (Å²) in [7, 11) is 0. The van der Waals surface area contributed by atoms with Gasteiger partial charge in [0.1, 0.15) is 5.82 Å². The summed E-state index contributed by atoms with van der Waals surface area (Å²) in [4.78, 5) is 43.2. The van der Waals surface area contributed by atoms with Crippen LogP contribution >= 0.6 is 11.8 Å². The highest BCUT2D eigenvalue weighted by Crippen LogP contribution is 2.35. The molecule has 1 atom stereocenters. The number of anilines is 2. The van der Waals surface area contributed by atoms with Crippen molar-refractivity contribution in [2.75, 3.05) is 10.2 Å². The van der Waals surface area contributed by atoms with E-state index in [1.54, 1.807) is 30.3 Å². The van der Waals surface area contributed by atoms with Crippen LogP contribution in [-0.4, -0.2) is 28.0 Å². The number of benzene rings is 3. The smallest absolute Gasteiger partial charge is 0.255 e. The van der Waals surface area contributed by atoms with E-state index in [1.165, 1.54) is 40.9 Å². The molecule has 0 saturated carbocycles. The lowest BCUT2D eigenvalue weighted by Crippen LogP contribution is -2.31. The van der Waals surface area contributed by atoms with Crippen molar-refractivity contribution >= 4 is 51.8 Å². The number of hydrogen-bond donors (Lipinski definition) is 2. The predicted molar refractivity (Wildman–Crippen MR) is 126 cm³/mol. The Balaban J connectivity index is 1.30. The van der Waals surface area contributed by atoms with E-state index in [-0.39, 0.29) is 24.1 Å². The number of H-pyrrole nitrogens is 1. The van der Waals surface area contributed by atoms with E-state index in [1.807, 2.05) is 24.4 Å². The molecule has 4 aromatic rings. The Morgan fingerprint density at radius 3 is 2.67 bits per heavy atom. The van der Waals surface area contributed by atoms with E-state index in [2.05, 4.69) is 10.3 Å². The van der Waals surface area contributed by atoms with E-state index >= 15 is 0 Å². The summed E-state index contributed by atoms with van der Waals surface area (Å²) in [5, 5.41) is 3.22. The van der Waals surface area contributed by atoms with Crippen LogP contribution in [0.4, 0.5) is 15.8 Å². The Kier molecular flexibility index (Phi) is 5.43. The number of nitrogens with one attached hydrogen (secondary N) is 2. The average Bonchev–Trinajstić information content (AvgIpc) is 3.37. The third kappa shape index (κ3) is 4.25. The van der Waals surface area contributed by atoms with Crippen LogP contribution in [-0.2, 0) is 9.59 Å². The highest BCUT2D eigenvalue weighted by atomic mass is 32.2. The first-order valence-corrected chi connectivity index (χ1v) is 11.1. The van der Waals surface area contributed by atoms with Crippen LogP contribution in [0.25, 0.3) is 10.9 Å². The van der Waals surface area contributed by atoms with E-state index < -0.39 is 11.1 Å². The number of aromatic amines is 1. The molecule has 33 heavy (non-hydrogen) atoms. The number of thioether (sulfide) groups is 1. The summed E-state index contributed by atoms with van der Waals surface area (Å²) in [6.07, 6.45) is 1.90. The molecular weight excluding hydrogens is 441 g/mol. The van der Waals surface area contributed by atoms with Gasteiger partial charge in [-0.15, -0.1) is 11.8 Å². The van der Waals surface area contributed by atoms with Crippen LogP contribution in [0.1, 0.15) is 16.8 Å². The van der Waals surface area contributed by atoms with Crippen LogP contribution in [0.5, 0.6) is 0 Å². The van der Waals surface area contributed by atoms with Gasteiger partial charge in [0.05, 0.1) is 10.9 Å². The fraction of sp³-hybridized carbons (Fsp3) is 0.0800. The van der Waals surface area contributed by atoms with Crippen LogP contribution in [0.2, 0.25) is 0 Å². The Morgan fingerprint density at radius 2 is 1.85 bits per heavy atom. The minimum absolute atomic E-state index is 0.0957. The van der Waals surface area contributed by atoms with Gasteiger partial charge in [-0.05, 0) is 66.0 Å². The first-order valence-electron chi connectivity index (χ1n) is 10.3. The zero-order valence-electron chi connectivity index (χ0n) is 17.2. The molecule has 3 amide bonds. The number of imide groups is 1. The molecule has 1 saturated heterocycles. The van der Waals surface area contributed by atoms with Crippen LogP contribution in [0.3, 0.4) is 0 Å². The monoisotopic (exact) mass is 459 g/mol. The summed E-state index contributed by atoms with van der Waals surface area (Å²) >= 11 is 1.29. The van der Waals surface area contributed by atoms with Crippen molar-refractivity contribution in [1.29, 1.82) is 0 Å². The van der Waals surface area contributed by atoms with Crippen molar-refractivity contribution in [3.05, 3.63) is 90.4 Å². The summed E-state index contributed by atoms with van der Waals surface area (Å²) in [5.74, 6) is -1.29. The second-order valence-electron chi connectivity index (χ2n) is 7.62. The van der Waals surface area contributed by atoms with E-state index in [9.17, 15) is 18.8 Å². The average molecular weight is 460 g/mol. The first kappa shape index (κ1) is 21.0. The SMILES string of the molecule is O=C(Nc1cccc(SC2CC(=O)N(c3ccc4cc[nH]c4c3)C2=O)c1)c1ccc(F)cc1. The van der Waals surface area contributed by atoms with Crippen LogP contribution < -0.4 is 10.2 Å². The molecule has 2 heterocycles. The topological polar surface area (TPSA) is 82.3 Å². The molecule has 0 aliphatic carbocycles. The number of halogens is 1. The number of nitrogens with zero attached hydrogens (tertiary/aromatic N) is 1. The van der Waals surface area contributed by atoms with Gasteiger partial charge in [0.15, 0.2) is 0 Å². The van der Waals surface area contributed by atoms with Gasteiger partial charge in [-0.3, -0.25) is 14.4 Å². The van der Waals surface area contributed by atoms with Gasteiger partial charge in [-0.1, -0.05) is 12.1 Å². The third-order valence-electron chi connectivity index (χ3n) is 5.38. The molecule has 1 unspecified atom stereocenters. The van der Waals surface area contributed by atoms with E-state index in [4.69, 9.17) is 0 Å². The minimum Gasteiger partial charge on any atom is -0.361 e. The van der Waals surface area contributed by atoms with Crippen molar-refractivity contribution in [3.63, 3.8) is 0 Å². The number of fused-ring (bicyclic) bond motifs is 1. The predicted octanol–water partition coefficient (Wildman–Crippen LogP) is 4.98. The molecular formula is C25H18FN3O3S. The molecule has 3 aromatic carbocycles. The zero-order valence-corrected chi connectivity index (χ0v) is 18.1. The molecule has 0 bridgehead atoms. The van der Waals surface area contributed by atoms with Gasteiger partial charge in [0, 0.05) is 34.3 Å². The number of amides is 3. The van der Waals surface area contributed by atoms with E-state index in [0.29, 0.717) is 16.9 Å². The van der Waals surface area contributed by atoms with Gasteiger partial charge < -0.3 is 10.3 Å². The third-order valence-corrected chi connectivity index (χ3v) is 6.56. The number of carbonyl (C=O) groups is 3. The molecule has 1 aromatic heterocycles. The summed E-state index contributed by atoms with van der Waals surface area (Å²) in [5.41, 5.74) is 2.28. The molecule has 0 radical (unpaired) electrons. The number of hydrogen-bond acceptors (Lipinski definition) is 4. The van der Waals surface area contributed by atoms with Crippen molar-refractivity contribution < 1.29 is 18.8 Å². The van der Waals surface area contributed by atoms with Gasteiger partial charge >= 0.3 is 0 Å². The highest BCUT2D eigenvalue weighted by Gasteiger charge is 2.40. The van der Waals surface area contributed by atoms with Gasteiger partial charge in [0.25, 0.3) is 5.91 Å². The zero-order chi connectivity index (χ0) is 22.9. The van der Waals surface area contributed by atoms with Crippen molar-refractivity contribution in [2.24, 2.45) is 0 Å². The molecule has 1 aliphatic rings. The van der Waals surface area contributed by atoms with Gasteiger partial charge in [0.2, 0.25) is 11.8 Å². The van der Waals surface area contributed by atoms with Crippen molar-refractivity contribution in [2.45, 2.75) is 16.6 Å².